The molecule has 1 aromatic carbocycles. The van der Waals surface area contributed by atoms with Crippen LogP contribution in [0.5, 0.6) is 0 Å². The van der Waals surface area contributed by atoms with Crippen LogP contribution < -0.4 is 5.32 Å². The minimum absolute atomic E-state index is 0.0882. The van der Waals surface area contributed by atoms with Crippen LogP contribution in [0.2, 0.25) is 5.02 Å². The van der Waals surface area contributed by atoms with Gasteiger partial charge in [-0.1, -0.05) is 31.4 Å². The number of carboxylic acids is 1. The maximum Gasteiger partial charge on any atom is 0.417 e. The van der Waals surface area contributed by atoms with Crippen LogP contribution in [0.3, 0.4) is 0 Å². The van der Waals surface area contributed by atoms with Crippen LogP contribution in [0.1, 0.15) is 31.7 Å². The molecule has 1 unspecified atom stereocenters. The summed E-state index contributed by atoms with van der Waals surface area (Å²) < 4.78 is 38.1. The van der Waals surface area contributed by atoms with Gasteiger partial charge in [0.15, 0.2) is 0 Å². The van der Waals surface area contributed by atoms with Gasteiger partial charge in [-0.05, 0) is 24.6 Å². The molecule has 2 N–H and O–H groups in total. The first-order valence-electron chi connectivity index (χ1n) is 6.11. The third kappa shape index (κ3) is 4.59. The van der Waals surface area contributed by atoms with E-state index in [2.05, 4.69) is 5.32 Å². The lowest BCUT2D eigenvalue weighted by Gasteiger charge is -2.17. The van der Waals surface area contributed by atoms with Crippen LogP contribution in [0.4, 0.5) is 18.9 Å². The van der Waals surface area contributed by atoms with Crippen molar-refractivity contribution in [2.75, 3.05) is 5.32 Å². The first-order valence-corrected chi connectivity index (χ1v) is 6.49. The van der Waals surface area contributed by atoms with Gasteiger partial charge in [0.05, 0.1) is 10.6 Å². The van der Waals surface area contributed by atoms with Gasteiger partial charge in [-0.25, -0.2) is 4.79 Å². The molecule has 7 heteroatoms. The molecule has 1 rings (SSSR count). The lowest BCUT2D eigenvalue weighted by atomic mass is 10.1. The molecule has 1 aromatic rings. The maximum atomic E-state index is 12.7. The molecule has 0 aliphatic rings. The molecule has 1 atom stereocenters. The molecule has 0 saturated heterocycles. The van der Waals surface area contributed by atoms with E-state index >= 15 is 0 Å². The molecule has 0 radical (unpaired) electrons. The predicted molar refractivity (Wildman–Crippen MR) is 71.0 cm³/mol. The summed E-state index contributed by atoms with van der Waals surface area (Å²) in [5, 5.41) is 11.2. The van der Waals surface area contributed by atoms with Crippen molar-refractivity contribution in [3.05, 3.63) is 28.8 Å². The van der Waals surface area contributed by atoms with Crippen LogP contribution in [0.25, 0.3) is 0 Å². The van der Waals surface area contributed by atoms with Crippen LogP contribution in [0.15, 0.2) is 18.2 Å². The van der Waals surface area contributed by atoms with Crippen LogP contribution in [-0.4, -0.2) is 17.1 Å². The van der Waals surface area contributed by atoms with Crippen molar-refractivity contribution in [1.82, 2.24) is 0 Å². The maximum absolute atomic E-state index is 12.7. The summed E-state index contributed by atoms with van der Waals surface area (Å²) in [6.07, 6.45) is -2.75. The van der Waals surface area contributed by atoms with Gasteiger partial charge in [0.25, 0.3) is 0 Å². The van der Waals surface area contributed by atoms with Gasteiger partial charge >= 0.3 is 12.1 Å². The fraction of sp³-hybridized carbons (Fsp3) is 0.462. The highest BCUT2D eigenvalue weighted by Crippen LogP contribution is 2.36. The topological polar surface area (TPSA) is 49.3 Å². The number of anilines is 1. The number of nitrogens with one attached hydrogen (secondary N) is 1. The molecule has 0 spiro atoms. The molecule has 0 bridgehead atoms. The molecular formula is C13H15ClF3NO2. The van der Waals surface area contributed by atoms with Gasteiger partial charge < -0.3 is 10.4 Å². The molecule has 112 valence electrons. The Hall–Kier alpha value is -1.43. The Balaban J connectivity index is 2.94. The van der Waals surface area contributed by atoms with Gasteiger partial charge in [0, 0.05) is 5.69 Å². The number of hydrogen-bond acceptors (Lipinski definition) is 2. The van der Waals surface area contributed by atoms with E-state index < -0.39 is 28.8 Å². The van der Waals surface area contributed by atoms with E-state index in [-0.39, 0.29) is 5.69 Å². The molecular weight excluding hydrogens is 295 g/mol. The minimum atomic E-state index is -4.57. The van der Waals surface area contributed by atoms with Crippen LogP contribution in [0, 0.1) is 0 Å². The Kier molecular flexibility index (Phi) is 5.68. The van der Waals surface area contributed by atoms with Crippen LogP contribution in [-0.2, 0) is 11.0 Å². The number of benzene rings is 1. The molecule has 0 aromatic heterocycles. The molecule has 0 fully saturated rings. The summed E-state index contributed by atoms with van der Waals surface area (Å²) in [5.74, 6) is -1.10. The molecule has 20 heavy (non-hydrogen) atoms. The Labute approximate surface area is 119 Å². The van der Waals surface area contributed by atoms with Crippen molar-refractivity contribution in [2.45, 2.75) is 38.4 Å². The van der Waals surface area contributed by atoms with Crippen molar-refractivity contribution in [3.63, 3.8) is 0 Å². The third-order valence-electron chi connectivity index (χ3n) is 2.76. The minimum Gasteiger partial charge on any atom is -0.480 e. The number of hydrogen-bond donors (Lipinski definition) is 2. The molecule has 0 amide bonds. The first kappa shape index (κ1) is 16.6. The summed E-state index contributed by atoms with van der Waals surface area (Å²) in [7, 11) is 0. The van der Waals surface area contributed by atoms with E-state index in [0.29, 0.717) is 12.8 Å². The smallest absolute Gasteiger partial charge is 0.417 e. The number of carbonyl (C=O) groups is 1. The summed E-state index contributed by atoms with van der Waals surface area (Å²) in [5.41, 5.74) is -0.894. The normalized spacial score (nSPS) is 13.1. The van der Waals surface area contributed by atoms with Gasteiger partial charge in [-0.15, -0.1) is 0 Å². The lowest BCUT2D eigenvalue weighted by molar-refractivity contribution is -0.138. The quantitative estimate of drug-likeness (QED) is 0.818. The van der Waals surface area contributed by atoms with E-state index in [1.165, 1.54) is 6.07 Å². The Morgan fingerprint density at radius 1 is 1.45 bits per heavy atom. The number of rotatable bonds is 6. The number of carboxylic acid groups (broad SMARTS) is 1. The second kappa shape index (κ2) is 6.83. The number of aliphatic carboxylic acids is 1. The highest BCUT2D eigenvalue weighted by Gasteiger charge is 2.33. The van der Waals surface area contributed by atoms with E-state index in [0.717, 1.165) is 18.6 Å². The van der Waals surface area contributed by atoms with Gasteiger partial charge in [0.2, 0.25) is 0 Å². The highest BCUT2D eigenvalue weighted by atomic mass is 35.5. The highest BCUT2D eigenvalue weighted by molar-refractivity contribution is 6.31. The Morgan fingerprint density at radius 2 is 2.10 bits per heavy atom. The Morgan fingerprint density at radius 3 is 2.60 bits per heavy atom. The second-order valence-electron chi connectivity index (χ2n) is 4.37. The number of unbranched alkanes of at least 4 members (excludes halogenated alkanes) is 1. The van der Waals surface area contributed by atoms with E-state index in [1.807, 2.05) is 6.92 Å². The zero-order valence-electron chi connectivity index (χ0n) is 10.8. The van der Waals surface area contributed by atoms with Crippen molar-refractivity contribution in [1.29, 1.82) is 0 Å². The van der Waals surface area contributed by atoms with Crippen molar-refractivity contribution in [2.24, 2.45) is 0 Å². The summed E-state index contributed by atoms with van der Waals surface area (Å²) in [6.45, 7) is 1.91. The molecule has 3 nitrogen and oxygen atoms in total. The monoisotopic (exact) mass is 309 g/mol. The molecule has 0 heterocycles. The largest absolute Gasteiger partial charge is 0.480 e. The zero-order valence-corrected chi connectivity index (χ0v) is 11.6. The standard InChI is InChI=1S/C13H15ClF3NO2/c1-2-3-4-11(12(19)20)18-8-5-6-10(14)9(7-8)13(15,16)17/h5-7,11,18H,2-4H2,1H3,(H,19,20). The fourth-order valence-electron chi connectivity index (χ4n) is 1.70. The SMILES string of the molecule is CCCCC(Nc1ccc(Cl)c(C(F)(F)F)c1)C(=O)O. The first-order chi connectivity index (χ1) is 9.25. The molecule has 0 aliphatic heterocycles. The average Bonchev–Trinajstić information content (AvgIpc) is 2.34. The zero-order chi connectivity index (χ0) is 15.3. The average molecular weight is 310 g/mol. The van der Waals surface area contributed by atoms with Crippen LogP contribution >= 0.6 is 11.6 Å². The number of alkyl halides is 3. The van der Waals surface area contributed by atoms with Gasteiger partial charge in [-0.3, -0.25) is 0 Å². The summed E-state index contributed by atoms with van der Waals surface area (Å²) >= 11 is 5.50. The van der Waals surface area contributed by atoms with E-state index in [4.69, 9.17) is 16.7 Å². The van der Waals surface area contributed by atoms with Crippen molar-refractivity contribution < 1.29 is 23.1 Å². The van der Waals surface area contributed by atoms with Gasteiger partial charge in [-0.2, -0.15) is 13.2 Å². The summed E-state index contributed by atoms with van der Waals surface area (Å²) in [6, 6.07) is 2.34. The van der Waals surface area contributed by atoms with Crippen molar-refractivity contribution >= 4 is 23.3 Å². The predicted octanol–water partition coefficient (Wildman–Crippen LogP) is 4.41. The van der Waals surface area contributed by atoms with Crippen molar-refractivity contribution in [3.8, 4) is 0 Å². The summed E-state index contributed by atoms with van der Waals surface area (Å²) in [4.78, 5) is 11.0. The second-order valence-corrected chi connectivity index (χ2v) is 4.78. The lowest BCUT2D eigenvalue weighted by Crippen LogP contribution is -2.29. The Bertz CT molecular complexity index is 477. The van der Waals surface area contributed by atoms with E-state index in [9.17, 15) is 18.0 Å². The number of halogens is 4. The molecule has 0 saturated carbocycles. The van der Waals surface area contributed by atoms with E-state index in [1.54, 1.807) is 0 Å². The molecule has 0 aliphatic carbocycles. The third-order valence-corrected chi connectivity index (χ3v) is 3.09. The fourth-order valence-corrected chi connectivity index (χ4v) is 1.92. The van der Waals surface area contributed by atoms with Gasteiger partial charge in [0.1, 0.15) is 6.04 Å².